The van der Waals surface area contributed by atoms with E-state index in [2.05, 4.69) is 18.0 Å². The monoisotopic (exact) mass is 217 g/mol. The molecule has 1 aliphatic carbocycles. The van der Waals surface area contributed by atoms with Gasteiger partial charge in [-0.25, -0.2) is 4.79 Å². The van der Waals surface area contributed by atoms with Crippen LogP contribution in [0.3, 0.4) is 0 Å². The van der Waals surface area contributed by atoms with E-state index >= 15 is 0 Å². The van der Waals surface area contributed by atoms with Crippen LogP contribution in [0.5, 0.6) is 0 Å². The van der Waals surface area contributed by atoms with Crippen LogP contribution in [0.15, 0.2) is 36.9 Å². The first-order valence-electron chi connectivity index (χ1n) is 5.44. The van der Waals surface area contributed by atoms with Crippen molar-refractivity contribution in [3.8, 4) is 0 Å². The topological polar surface area (TPSA) is 38.3 Å². The van der Waals surface area contributed by atoms with Crippen LogP contribution < -0.4 is 5.32 Å². The van der Waals surface area contributed by atoms with Crippen LogP contribution >= 0.6 is 0 Å². The Kier molecular flexibility index (Phi) is 3.25. The van der Waals surface area contributed by atoms with E-state index in [1.165, 1.54) is 5.56 Å². The average molecular weight is 217 g/mol. The van der Waals surface area contributed by atoms with Crippen molar-refractivity contribution in [3.63, 3.8) is 0 Å². The molecule has 0 bridgehead atoms. The Morgan fingerprint density at radius 3 is 3.19 bits per heavy atom. The Hall–Kier alpha value is -1.77. The number of ether oxygens (including phenoxy) is 1. The fourth-order valence-electron chi connectivity index (χ4n) is 1.97. The smallest absolute Gasteiger partial charge is 0.407 e. The summed E-state index contributed by atoms with van der Waals surface area (Å²) in [6.45, 7) is 3.97. The number of nitrogens with one attached hydrogen (secondary N) is 1. The fraction of sp³-hybridized carbons (Fsp3) is 0.308. The molecule has 0 heterocycles. The summed E-state index contributed by atoms with van der Waals surface area (Å²) in [6.07, 6.45) is 3.02. The molecule has 1 unspecified atom stereocenters. The van der Waals surface area contributed by atoms with E-state index in [0.29, 0.717) is 6.54 Å². The molecule has 1 aliphatic rings. The van der Waals surface area contributed by atoms with Gasteiger partial charge in [-0.2, -0.15) is 0 Å². The predicted octanol–water partition coefficient (Wildman–Crippen LogP) is 2.59. The number of alkyl carbamates (subject to hydrolysis) is 1. The van der Waals surface area contributed by atoms with E-state index in [9.17, 15) is 4.79 Å². The highest BCUT2D eigenvalue weighted by atomic mass is 16.6. The maximum Gasteiger partial charge on any atom is 0.407 e. The third kappa shape index (κ3) is 2.24. The van der Waals surface area contributed by atoms with Gasteiger partial charge in [0, 0.05) is 6.54 Å². The minimum absolute atomic E-state index is 0.0963. The van der Waals surface area contributed by atoms with Crippen molar-refractivity contribution in [3.05, 3.63) is 48.0 Å². The highest BCUT2D eigenvalue weighted by Crippen LogP contribution is 2.33. The molecule has 1 atom stereocenters. The average Bonchev–Trinajstić information content (AvgIpc) is 2.70. The Morgan fingerprint density at radius 1 is 1.56 bits per heavy atom. The fourth-order valence-corrected chi connectivity index (χ4v) is 1.97. The van der Waals surface area contributed by atoms with Gasteiger partial charge in [0.2, 0.25) is 0 Å². The van der Waals surface area contributed by atoms with Crippen molar-refractivity contribution in [2.75, 3.05) is 6.54 Å². The Morgan fingerprint density at radius 2 is 2.38 bits per heavy atom. The normalized spacial score (nSPS) is 17.6. The highest BCUT2D eigenvalue weighted by molar-refractivity contribution is 5.67. The van der Waals surface area contributed by atoms with Crippen molar-refractivity contribution in [1.82, 2.24) is 5.32 Å². The molecule has 3 nitrogen and oxygen atoms in total. The molecule has 0 saturated heterocycles. The van der Waals surface area contributed by atoms with Gasteiger partial charge in [0.1, 0.15) is 6.10 Å². The molecular formula is C13H15NO2. The number of fused-ring (bicyclic) bond motifs is 1. The first kappa shape index (κ1) is 10.7. The largest absolute Gasteiger partial charge is 0.441 e. The second-order valence-electron chi connectivity index (χ2n) is 3.80. The van der Waals surface area contributed by atoms with Gasteiger partial charge < -0.3 is 10.1 Å². The van der Waals surface area contributed by atoms with Crippen LogP contribution in [0.4, 0.5) is 4.79 Å². The molecule has 0 aromatic heterocycles. The molecule has 0 spiro atoms. The van der Waals surface area contributed by atoms with Crippen LogP contribution in [-0.2, 0) is 11.2 Å². The zero-order valence-electron chi connectivity index (χ0n) is 9.11. The van der Waals surface area contributed by atoms with E-state index in [0.717, 1.165) is 18.4 Å². The zero-order valence-corrected chi connectivity index (χ0v) is 9.11. The van der Waals surface area contributed by atoms with Crippen LogP contribution in [0.25, 0.3) is 0 Å². The number of aryl methyl sites for hydroxylation is 1. The first-order chi connectivity index (χ1) is 7.81. The Balaban J connectivity index is 1.98. The van der Waals surface area contributed by atoms with Crippen LogP contribution in [0, 0.1) is 0 Å². The van der Waals surface area contributed by atoms with E-state index in [1.54, 1.807) is 6.08 Å². The summed E-state index contributed by atoms with van der Waals surface area (Å²) < 4.78 is 5.34. The first-order valence-corrected chi connectivity index (χ1v) is 5.44. The molecular weight excluding hydrogens is 202 g/mol. The molecule has 16 heavy (non-hydrogen) atoms. The quantitative estimate of drug-likeness (QED) is 0.790. The van der Waals surface area contributed by atoms with Crippen molar-refractivity contribution >= 4 is 6.09 Å². The molecule has 1 aromatic carbocycles. The van der Waals surface area contributed by atoms with Gasteiger partial charge in [-0.05, 0) is 24.0 Å². The van der Waals surface area contributed by atoms with Crippen molar-refractivity contribution in [1.29, 1.82) is 0 Å². The standard InChI is InChI=1S/C13H15NO2/c1-2-9-14-13(15)16-12-8-7-10-5-3-4-6-11(10)12/h2-6,12H,1,7-9H2,(H,14,15). The van der Waals surface area contributed by atoms with E-state index in [1.807, 2.05) is 18.2 Å². The maximum atomic E-state index is 11.4. The summed E-state index contributed by atoms with van der Waals surface area (Å²) in [5.74, 6) is 0. The third-order valence-electron chi connectivity index (χ3n) is 2.72. The maximum absolute atomic E-state index is 11.4. The summed E-state index contributed by atoms with van der Waals surface area (Å²) in [6, 6.07) is 8.09. The van der Waals surface area contributed by atoms with Crippen molar-refractivity contribution < 1.29 is 9.53 Å². The number of benzene rings is 1. The van der Waals surface area contributed by atoms with Gasteiger partial charge in [0.05, 0.1) is 0 Å². The summed E-state index contributed by atoms with van der Waals surface area (Å²) in [5, 5.41) is 2.61. The summed E-state index contributed by atoms with van der Waals surface area (Å²) in [5.41, 5.74) is 2.42. The van der Waals surface area contributed by atoms with Gasteiger partial charge in [0.25, 0.3) is 0 Å². The number of rotatable bonds is 3. The van der Waals surface area contributed by atoms with E-state index in [-0.39, 0.29) is 12.2 Å². The minimum atomic E-state index is -0.374. The summed E-state index contributed by atoms with van der Waals surface area (Å²) >= 11 is 0. The van der Waals surface area contributed by atoms with Crippen LogP contribution in [0.1, 0.15) is 23.7 Å². The number of hydrogen-bond acceptors (Lipinski definition) is 2. The van der Waals surface area contributed by atoms with Crippen molar-refractivity contribution in [2.24, 2.45) is 0 Å². The summed E-state index contributed by atoms with van der Waals surface area (Å²) in [7, 11) is 0. The van der Waals surface area contributed by atoms with Gasteiger partial charge in [-0.1, -0.05) is 30.3 Å². The molecule has 1 aromatic rings. The lowest BCUT2D eigenvalue weighted by Crippen LogP contribution is -2.25. The molecule has 1 N–H and O–H groups in total. The number of hydrogen-bond donors (Lipinski definition) is 1. The predicted molar refractivity (Wildman–Crippen MR) is 62.2 cm³/mol. The molecule has 84 valence electrons. The third-order valence-corrected chi connectivity index (χ3v) is 2.72. The highest BCUT2D eigenvalue weighted by Gasteiger charge is 2.24. The molecule has 3 heteroatoms. The van der Waals surface area contributed by atoms with Crippen LogP contribution in [-0.4, -0.2) is 12.6 Å². The van der Waals surface area contributed by atoms with Crippen LogP contribution in [0.2, 0.25) is 0 Å². The second-order valence-corrected chi connectivity index (χ2v) is 3.80. The Bertz CT molecular complexity index is 401. The van der Waals surface area contributed by atoms with Gasteiger partial charge in [-0.15, -0.1) is 6.58 Å². The van der Waals surface area contributed by atoms with E-state index in [4.69, 9.17) is 4.74 Å². The van der Waals surface area contributed by atoms with Gasteiger partial charge in [-0.3, -0.25) is 0 Å². The molecule has 1 amide bonds. The molecule has 2 rings (SSSR count). The lowest BCUT2D eigenvalue weighted by molar-refractivity contribution is 0.0992. The minimum Gasteiger partial charge on any atom is -0.441 e. The molecule has 0 saturated carbocycles. The van der Waals surface area contributed by atoms with E-state index < -0.39 is 0 Å². The zero-order chi connectivity index (χ0) is 11.4. The lowest BCUT2D eigenvalue weighted by Gasteiger charge is -2.13. The number of amides is 1. The molecule has 0 radical (unpaired) electrons. The lowest BCUT2D eigenvalue weighted by atomic mass is 10.1. The number of carbonyl (C=O) groups excluding carboxylic acids is 1. The van der Waals surface area contributed by atoms with Gasteiger partial charge >= 0.3 is 6.09 Å². The second kappa shape index (κ2) is 4.84. The Labute approximate surface area is 95.1 Å². The summed E-state index contributed by atoms with van der Waals surface area (Å²) in [4.78, 5) is 11.4. The molecule has 0 aliphatic heterocycles. The van der Waals surface area contributed by atoms with Crippen molar-refractivity contribution in [2.45, 2.75) is 18.9 Å². The van der Waals surface area contributed by atoms with Gasteiger partial charge in [0.15, 0.2) is 0 Å². The molecule has 0 fully saturated rings. The SMILES string of the molecule is C=CCNC(=O)OC1CCc2ccccc21. The number of carbonyl (C=O) groups is 1.